The van der Waals surface area contributed by atoms with Crippen molar-refractivity contribution in [2.45, 2.75) is 23.2 Å². The molecule has 0 spiro atoms. The third kappa shape index (κ3) is 2.43. The van der Waals surface area contributed by atoms with E-state index in [4.69, 9.17) is 0 Å². The highest BCUT2D eigenvalue weighted by Crippen LogP contribution is 2.43. The molecule has 1 aromatic heterocycles. The topological polar surface area (TPSA) is 55.0 Å². The van der Waals surface area contributed by atoms with Crippen LogP contribution in [0, 0.1) is 5.82 Å². The molecule has 0 aliphatic heterocycles. The zero-order chi connectivity index (χ0) is 14.1. The van der Waals surface area contributed by atoms with Gasteiger partial charge in [-0.1, -0.05) is 17.8 Å². The van der Waals surface area contributed by atoms with E-state index in [1.807, 2.05) is 6.07 Å². The molecule has 1 atom stereocenters. The molecule has 0 saturated heterocycles. The molecule has 4 nitrogen and oxygen atoms in total. The molecule has 1 N–H and O–H groups in total. The predicted molar refractivity (Wildman–Crippen MR) is 73.2 cm³/mol. The summed E-state index contributed by atoms with van der Waals surface area (Å²) in [5, 5.41) is 0.810. The number of thioether (sulfide) groups is 1. The number of imidazole rings is 1. The van der Waals surface area contributed by atoms with Crippen molar-refractivity contribution in [1.29, 1.82) is 0 Å². The Morgan fingerprint density at radius 3 is 3.20 bits per heavy atom. The van der Waals surface area contributed by atoms with Gasteiger partial charge in [0.2, 0.25) is 0 Å². The standard InChI is InChI=1S/C14H13FN2O2S/c1-19-13(18)11-7-16-14(17-11)20-12-5-3-8-2-4-9(15)6-10(8)12/h2,4,6-7,12H,3,5H2,1H3,(H,16,17)/t12-/m0/s1. The van der Waals surface area contributed by atoms with Crippen LogP contribution in [-0.4, -0.2) is 23.0 Å². The Morgan fingerprint density at radius 1 is 1.55 bits per heavy atom. The SMILES string of the molecule is COC(=O)c1cnc(S[C@H]2CCc3ccc(F)cc32)[nH]1. The van der Waals surface area contributed by atoms with E-state index in [1.54, 1.807) is 6.07 Å². The highest BCUT2D eigenvalue weighted by Gasteiger charge is 2.25. The van der Waals surface area contributed by atoms with Gasteiger partial charge in [-0.05, 0) is 36.1 Å². The number of carbonyl (C=O) groups excluding carboxylic acids is 1. The normalized spacial score (nSPS) is 17.0. The van der Waals surface area contributed by atoms with E-state index < -0.39 is 5.97 Å². The number of carbonyl (C=O) groups is 1. The monoisotopic (exact) mass is 292 g/mol. The third-order valence-corrected chi connectivity index (χ3v) is 4.55. The molecule has 0 unspecified atom stereocenters. The maximum absolute atomic E-state index is 13.3. The lowest BCUT2D eigenvalue weighted by Gasteiger charge is -2.09. The number of aryl methyl sites for hydroxylation is 1. The fourth-order valence-electron chi connectivity index (χ4n) is 2.37. The van der Waals surface area contributed by atoms with Gasteiger partial charge in [0.1, 0.15) is 11.5 Å². The van der Waals surface area contributed by atoms with Crippen molar-refractivity contribution in [3.05, 3.63) is 47.0 Å². The summed E-state index contributed by atoms with van der Waals surface area (Å²) in [6, 6.07) is 4.92. The average Bonchev–Trinajstić information content (AvgIpc) is 3.06. The summed E-state index contributed by atoms with van der Waals surface area (Å²) in [5.41, 5.74) is 2.53. The molecule has 104 valence electrons. The molecule has 6 heteroatoms. The van der Waals surface area contributed by atoms with Gasteiger partial charge in [-0.3, -0.25) is 0 Å². The van der Waals surface area contributed by atoms with Crippen LogP contribution in [0.4, 0.5) is 4.39 Å². The largest absolute Gasteiger partial charge is 0.464 e. The van der Waals surface area contributed by atoms with Gasteiger partial charge in [0.25, 0.3) is 0 Å². The lowest BCUT2D eigenvalue weighted by atomic mass is 10.1. The van der Waals surface area contributed by atoms with Crippen LogP contribution in [0.3, 0.4) is 0 Å². The molecule has 2 aromatic rings. The number of hydrogen-bond donors (Lipinski definition) is 1. The first-order valence-electron chi connectivity index (χ1n) is 6.25. The summed E-state index contributed by atoms with van der Waals surface area (Å²) < 4.78 is 18.0. The van der Waals surface area contributed by atoms with Crippen LogP contribution in [0.2, 0.25) is 0 Å². The molecule has 0 fully saturated rings. The Hall–Kier alpha value is -1.82. The summed E-state index contributed by atoms with van der Waals surface area (Å²) >= 11 is 1.51. The van der Waals surface area contributed by atoms with Gasteiger partial charge in [0, 0.05) is 5.25 Å². The van der Waals surface area contributed by atoms with Crippen LogP contribution in [0.15, 0.2) is 29.6 Å². The van der Waals surface area contributed by atoms with Gasteiger partial charge in [-0.25, -0.2) is 14.2 Å². The Morgan fingerprint density at radius 2 is 2.40 bits per heavy atom. The number of halogens is 1. The molecule has 1 aromatic carbocycles. The van der Waals surface area contributed by atoms with Crippen molar-refractivity contribution < 1.29 is 13.9 Å². The molecule has 1 aliphatic rings. The van der Waals surface area contributed by atoms with E-state index in [9.17, 15) is 9.18 Å². The van der Waals surface area contributed by atoms with E-state index in [0.717, 1.165) is 18.4 Å². The minimum Gasteiger partial charge on any atom is -0.464 e. The van der Waals surface area contributed by atoms with Gasteiger partial charge in [0.15, 0.2) is 5.16 Å². The maximum Gasteiger partial charge on any atom is 0.356 e. The molecular weight excluding hydrogens is 279 g/mol. The maximum atomic E-state index is 13.3. The quantitative estimate of drug-likeness (QED) is 0.883. The lowest BCUT2D eigenvalue weighted by Crippen LogP contribution is -2.01. The average molecular weight is 292 g/mol. The number of nitrogens with one attached hydrogen (secondary N) is 1. The number of benzene rings is 1. The lowest BCUT2D eigenvalue weighted by molar-refractivity contribution is 0.0594. The molecule has 0 saturated carbocycles. The van der Waals surface area contributed by atoms with Gasteiger partial charge >= 0.3 is 5.97 Å². The first-order chi connectivity index (χ1) is 9.67. The molecule has 20 heavy (non-hydrogen) atoms. The Kier molecular flexibility index (Phi) is 3.48. The number of hydrogen-bond acceptors (Lipinski definition) is 4. The van der Waals surface area contributed by atoms with Gasteiger partial charge < -0.3 is 9.72 Å². The van der Waals surface area contributed by atoms with Crippen LogP contribution in [0.5, 0.6) is 0 Å². The van der Waals surface area contributed by atoms with Gasteiger partial charge in [-0.2, -0.15) is 0 Å². The zero-order valence-corrected chi connectivity index (χ0v) is 11.7. The molecule has 0 radical (unpaired) electrons. The minimum atomic E-state index is -0.442. The Bertz CT molecular complexity index is 656. The van der Waals surface area contributed by atoms with Crippen LogP contribution in [0.25, 0.3) is 0 Å². The second-order valence-corrected chi connectivity index (χ2v) is 5.77. The molecule has 0 bridgehead atoms. The number of methoxy groups -OCH3 is 1. The first-order valence-corrected chi connectivity index (χ1v) is 7.13. The minimum absolute atomic E-state index is 0.164. The highest BCUT2D eigenvalue weighted by molar-refractivity contribution is 7.99. The summed E-state index contributed by atoms with van der Waals surface area (Å²) in [6.45, 7) is 0. The van der Waals surface area contributed by atoms with E-state index in [1.165, 1.54) is 36.7 Å². The fourth-order valence-corrected chi connectivity index (χ4v) is 3.50. The molecule has 1 aliphatic carbocycles. The van der Waals surface area contributed by atoms with Crippen LogP contribution in [-0.2, 0) is 11.2 Å². The Balaban J connectivity index is 1.79. The smallest absolute Gasteiger partial charge is 0.356 e. The first kappa shape index (κ1) is 13.2. The highest BCUT2D eigenvalue weighted by atomic mass is 32.2. The van der Waals surface area contributed by atoms with E-state index in [2.05, 4.69) is 14.7 Å². The number of aromatic nitrogens is 2. The van der Waals surface area contributed by atoms with Crippen molar-refractivity contribution in [3.8, 4) is 0 Å². The van der Waals surface area contributed by atoms with Crippen molar-refractivity contribution in [3.63, 3.8) is 0 Å². The molecule has 0 amide bonds. The van der Waals surface area contributed by atoms with Crippen LogP contribution >= 0.6 is 11.8 Å². The third-order valence-electron chi connectivity index (χ3n) is 3.34. The number of esters is 1. The summed E-state index contributed by atoms with van der Waals surface area (Å²) in [5.74, 6) is -0.659. The number of H-pyrrole nitrogens is 1. The van der Waals surface area contributed by atoms with E-state index >= 15 is 0 Å². The van der Waals surface area contributed by atoms with Crippen LogP contribution < -0.4 is 0 Å². The summed E-state index contributed by atoms with van der Waals surface area (Å²) in [7, 11) is 1.33. The number of fused-ring (bicyclic) bond motifs is 1. The Labute approximate surface area is 119 Å². The number of rotatable bonds is 3. The van der Waals surface area contributed by atoms with Crippen molar-refractivity contribution in [2.75, 3.05) is 7.11 Å². The second-order valence-electron chi connectivity index (χ2n) is 4.58. The second kappa shape index (κ2) is 5.28. The number of aromatic amines is 1. The number of nitrogens with zero attached hydrogens (tertiary/aromatic N) is 1. The fraction of sp³-hybridized carbons (Fsp3) is 0.286. The predicted octanol–water partition coefficient (Wildman–Crippen LogP) is 3.12. The van der Waals surface area contributed by atoms with E-state index in [-0.39, 0.29) is 11.1 Å². The van der Waals surface area contributed by atoms with Crippen molar-refractivity contribution >= 4 is 17.7 Å². The van der Waals surface area contributed by atoms with Gasteiger partial charge in [-0.15, -0.1) is 0 Å². The molecule has 3 rings (SSSR count). The molecular formula is C14H13FN2O2S. The summed E-state index contributed by atoms with van der Waals surface area (Å²) in [6.07, 6.45) is 3.34. The van der Waals surface area contributed by atoms with Crippen LogP contribution in [0.1, 0.15) is 33.3 Å². The zero-order valence-electron chi connectivity index (χ0n) is 10.9. The molecule has 1 heterocycles. The van der Waals surface area contributed by atoms with Crippen molar-refractivity contribution in [1.82, 2.24) is 9.97 Å². The van der Waals surface area contributed by atoms with Crippen molar-refractivity contribution in [2.24, 2.45) is 0 Å². The summed E-state index contributed by atoms with van der Waals surface area (Å²) in [4.78, 5) is 18.4. The van der Waals surface area contributed by atoms with E-state index in [0.29, 0.717) is 10.9 Å². The van der Waals surface area contributed by atoms with Gasteiger partial charge in [0.05, 0.1) is 13.3 Å². The number of ether oxygens (including phenoxy) is 1.